The number of nitrogens with zero attached hydrogens (tertiary/aromatic N) is 1. The van der Waals surface area contributed by atoms with Crippen molar-refractivity contribution in [1.29, 1.82) is 0 Å². The summed E-state index contributed by atoms with van der Waals surface area (Å²) in [5.41, 5.74) is 1.38. The molecule has 0 saturated carbocycles. The number of ketones is 1. The van der Waals surface area contributed by atoms with Gasteiger partial charge < -0.3 is 4.74 Å². The highest BCUT2D eigenvalue weighted by Crippen LogP contribution is 2.16. The van der Waals surface area contributed by atoms with Crippen molar-refractivity contribution in [2.24, 2.45) is 0 Å². The minimum atomic E-state index is -0.0553. The second-order valence-electron chi connectivity index (χ2n) is 3.52. The third kappa shape index (κ3) is 2.06. The van der Waals surface area contributed by atoms with Crippen molar-refractivity contribution < 1.29 is 9.53 Å². The first-order valence-corrected chi connectivity index (χ1v) is 5.08. The van der Waals surface area contributed by atoms with Crippen LogP contribution in [0.2, 0.25) is 0 Å². The monoisotopic (exact) mass is 203 g/mol. The smallest absolute Gasteiger partial charge is 0.229 e. The molecule has 1 aliphatic heterocycles. The Labute approximate surface area is 88.8 Å². The minimum absolute atomic E-state index is 0.0553. The number of aromatic nitrogens is 1. The average molecular weight is 203 g/mol. The molecule has 0 spiro atoms. The summed E-state index contributed by atoms with van der Waals surface area (Å²) < 4.78 is 5.33. The van der Waals surface area contributed by atoms with Gasteiger partial charge in [-0.05, 0) is 38.0 Å². The van der Waals surface area contributed by atoms with Crippen molar-refractivity contribution in [3.8, 4) is 0 Å². The number of aryl methyl sites for hydroxylation is 1. The van der Waals surface area contributed by atoms with E-state index in [1.165, 1.54) is 0 Å². The molecule has 2 rings (SSSR count). The largest absolute Gasteiger partial charge is 0.490 e. The number of carbonyl (C=O) groups excluding carboxylic acids is 1. The van der Waals surface area contributed by atoms with Crippen LogP contribution < -0.4 is 0 Å². The van der Waals surface area contributed by atoms with Gasteiger partial charge in [-0.3, -0.25) is 9.78 Å². The lowest BCUT2D eigenvalue weighted by molar-refractivity contribution is 0.0898. The maximum absolute atomic E-state index is 12.0. The number of carbonyl (C=O) groups is 1. The molecule has 2 heterocycles. The zero-order chi connectivity index (χ0) is 10.7. The highest BCUT2D eigenvalue weighted by molar-refractivity contribution is 6.08. The van der Waals surface area contributed by atoms with E-state index < -0.39 is 0 Å². The van der Waals surface area contributed by atoms with Gasteiger partial charge in [-0.25, -0.2) is 0 Å². The average Bonchev–Trinajstić information content (AvgIpc) is 2.30. The predicted molar refractivity (Wildman–Crippen MR) is 56.6 cm³/mol. The Kier molecular flexibility index (Phi) is 2.81. The Balaban J connectivity index is 2.28. The summed E-state index contributed by atoms with van der Waals surface area (Å²) in [6, 6.07) is 3.55. The van der Waals surface area contributed by atoms with Crippen LogP contribution >= 0.6 is 0 Å². The number of rotatable bonds is 2. The molecule has 1 aliphatic rings. The van der Waals surface area contributed by atoms with E-state index in [9.17, 15) is 4.79 Å². The fourth-order valence-electron chi connectivity index (χ4n) is 1.57. The van der Waals surface area contributed by atoms with E-state index in [4.69, 9.17) is 4.74 Å². The summed E-state index contributed by atoms with van der Waals surface area (Å²) in [6.45, 7) is 2.47. The van der Waals surface area contributed by atoms with E-state index in [-0.39, 0.29) is 5.78 Å². The molecule has 0 amide bonds. The van der Waals surface area contributed by atoms with Gasteiger partial charge in [0, 0.05) is 17.5 Å². The Morgan fingerprint density at radius 1 is 1.53 bits per heavy atom. The molecule has 78 valence electrons. The Bertz CT molecular complexity index is 410. The SMILES string of the molecule is Cc1ncccc1C(=O)C1=CCCCO1. The van der Waals surface area contributed by atoms with Gasteiger partial charge in [0.2, 0.25) is 5.78 Å². The van der Waals surface area contributed by atoms with Gasteiger partial charge in [-0.2, -0.15) is 0 Å². The van der Waals surface area contributed by atoms with Gasteiger partial charge in [0.15, 0.2) is 5.76 Å². The van der Waals surface area contributed by atoms with Gasteiger partial charge in [-0.15, -0.1) is 0 Å². The van der Waals surface area contributed by atoms with Crippen LogP contribution in [0.3, 0.4) is 0 Å². The lowest BCUT2D eigenvalue weighted by Crippen LogP contribution is -2.12. The van der Waals surface area contributed by atoms with E-state index in [0.717, 1.165) is 18.5 Å². The Morgan fingerprint density at radius 2 is 2.40 bits per heavy atom. The minimum Gasteiger partial charge on any atom is -0.490 e. The molecule has 0 unspecified atom stereocenters. The standard InChI is InChI=1S/C12H13NO2/c1-9-10(5-4-7-13-9)12(14)11-6-2-3-8-15-11/h4-7H,2-3,8H2,1H3. The van der Waals surface area contributed by atoms with Gasteiger partial charge >= 0.3 is 0 Å². The van der Waals surface area contributed by atoms with Gasteiger partial charge in [0.05, 0.1) is 6.61 Å². The molecule has 0 bridgehead atoms. The summed E-state index contributed by atoms with van der Waals surface area (Å²) in [5, 5.41) is 0. The zero-order valence-corrected chi connectivity index (χ0v) is 8.69. The van der Waals surface area contributed by atoms with E-state index >= 15 is 0 Å². The van der Waals surface area contributed by atoms with Crippen LogP contribution in [0.25, 0.3) is 0 Å². The van der Waals surface area contributed by atoms with Crippen LogP contribution in [0.4, 0.5) is 0 Å². The normalized spacial score (nSPS) is 15.4. The quantitative estimate of drug-likeness (QED) is 0.692. The summed E-state index contributed by atoms with van der Waals surface area (Å²) in [4.78, 5) is 16.1. The van der Waals surface area contributed by atoms with Crippen LogP contribution in [-0.4, -0.2) is 17.4 Å². The van der Waals surface area contributed by atoms with E-state index in [2.05, 4.69) is 4.98 Å². The van der Waals surface area contributed by atoms with Crippen molar-refractivity contribution >= 4 is 5.78 Å². The molecule has 3 heteroatoms. The maximum atomic E-state index is 12.0. The molecule has 0 saturated heterocycles. The number of hydrogen-bond donors (Lipinski definition) is 0. The van der Waals surface area contributed by atoms with Gasteiger partial charge in [-0.1, -0.05) is 0 Å². The van der Waals surface area contributed by atoms with Crippen molar-refractivity contribution in [3.63, 3.8) is 0 Å². The molecule has 0 aliphatic carbocycles. The first-order chi connectivity index (χ1) is 7.29. The van der Waals surface area contributed by atoms with Crippen LogP contribution in [0.1, 0.15) is 28.9 Å². The van der Waals surface area contributed by atoms with E-state index in [1.54, 1.807) is 18.3 Å². The molecule has 1 aromatic rings. The second-order valence-corrected chi connectivity index (χ2v) is 3.52. The zero-order valence-electron chi connectivity index (χ0n) is 8.69. The van der Waals surface area contributed by atoms with Crippen molar-refractivity contribution in [2.45, 2.75) is 19.8 Å². The Morgan fingerprint density at radius 3 is 3.07 bits per heavy atom. The number of Topliss-reactive ketones (excluding diaryl/α,β-unsaturated/α-hetero) is 1. The molecule has 15 heavy (non-hydrogen) atoms. The van der Waals surface area contributed by atoms with Crippen molar-refractivity contribution in [2.75, 3.05) is 6.61 Å². The van der Waals surface area contributed by atoms with Crippen molar-refractivity contribution in [3.05, 3.63) is 41.4 Å². The highest BCUT2D eigenvalue weighted by Gasteiger charge is 2.17. The lowest BCUT2D eigenvalue weighted by atomic mass is 10.1. The third-order valence-electron chi connectivity index (χ3n) is 2.41. The molecule has 0 fully saturated rings. The van der Waals surface area contributed by atoms with Crippen LogP contribution in [-0.2, 0) is 4.74 Å². The maximum Gasteiger partial charge on any atom is 0.229 e. The predicted octanol–water partition coefficient (Wildman–Crippen LogP) is 2.27. The number of allylic oxidation sites excluding steroid dienone is 2. The topological polar surface area (TPSA) is 39.2 Å². The van der Waals surface area contributed by atoms with Crippen molar-refractivity contribution in [1.82, 2.24) is 4.98 Å². The molecule has 0 radical (unpaired) electrons. The first kappa shape index (κ1) is 9.90. The first-order valence-electron chi connectivity index (χ1n) is 5.08. The summed E-state index contributed by atoms with van der Waals surface area (Å²) in [7, 11) is 0. The summed E-state index contributed by atoms with van der Waals surface area (Å²) in [6.07, 6.45) is 5.45. The van der Waals surface area contributed by atoms with Crippen LogP contribution in [0.15, 0.2) is 30.2 Å². The molecule has 0 atom stereocenters. The number of hydrogen-bond acceptors (Lipinski definition) is 3. The summed E-state index contributed by atoms with van der Waals surface area (Å²) in [5.74, 6) is 0.414. The fraction of sp³-hybridized carbons (Fsp3) is 0.333. The van der Waals surface area contributed by atoms with Gasteiger partial charge in [0.25, 0.3) is 0 Å². The molecule has 1 aromatic heterocycles. The Hall–Kier alpha value is -1.64. The fourth-order valence-corrected chi connectivity index (χ4v) is 1.57. The second kappa shape index (κ2) is 4.26. The van der Waals surface area contributed by atoms with E-state index in [1.807, 2.05) is 13.0 Å². The van der Waals surface area contributed by atoms with Crippen LogP contribution in [0.5, 0.6) is 0 Å². The number of ether oxygens (including phenoxy) is 1. The lowest BCUT2D eigenvalue weighted by Gasteiger charge is -2.14. The third-order valence-corrected chi connectivity index (χ3v) is 2.41. The summed E-state index contributed by atoms with van der Waals surface area (Å²) >= 11 is 0. The molecule has 0 aromatic carbocycles. The molecule has 3 nitrogen and oxygen atoms in total. The van der Waals surface area contributed by atoms with E-state index in [0.29, 0.717) is 17.9 Å². The highest BCUT2D eigenvalue weighted by atomic mass is 16.5. The number of pyridine rings is 1. The van der Waals surface area contributed by atoms with Gasteiger partial charge in [0.1, 0.15) is 0 Å². The molecular formula is C12H13NO2. The van der Waals surface area contributed by atoms with Crippen LogP contribution in [0, 0.1) is 6.92 Å². The molecular weight excluding hydrogens is 190 g/mol. The molecule has 0 N–H and O–H groups in total.